The summed E-state index contributed by atoms with van der Waals surface area (Å²) in [5, 5.41) is 2.61. The van der Waals surface area contributed by atoms with Crippen LogP contribution < -0.4 is 0 Å². The Hall–Kier alpha value is -1.89. The lowest BCUT2D eigenvalue weighted by atomic mass is 9.60. The summed E-state index contributed by atoms with van der Waals surface area (Å²) >= 11 is 0. The van der Waals surface area contributed by atoms with Gasteiger partial charge >= 0.3 is 0 Å². The minimum absolute atomic E-state index is 0.415. The molecule has 1 nitrogen and oxygen atoms in total. The van der Waals surface area contributed by atoms with E-state index in [9.17, 15) is 0 Å². The molecule has 5 atom stereocenters. The molecule has 1 heteroatoms. The van der Waals surface area contributed by atoms with E-state index >= 15 is 0 Å². The molecule has 4 aliphatic carbocycles. The second-order valence-electron chi connectivity index (χ2n) is 10.5. The van der Waals surface area contributed by atoms with Crippen LogP contribution in [0.4, 0.5) is 0 Å². The Balaban J connectivity index is 1.34. The van der Waals surface area contributed by atoms with Crippen molar-refractivity contribution < 1.29 is 0 Å². The molecule has 0 amide bonds. The largest absolute Gasteiger partial charge is 0.264 e. The molecule has 150 valence electrons. The Bertz CT molecular complexity index is 998. The third kappa shape index (κ3) is 2.84. The number of hydrogen-bond acceptors (Lipinski definition) is 1. The molecule has 3 unspecified atom stereocenters. The number of allylic oxidation sites excluding steroid dienone is 4. The summed E-state index contributed by atoms with van der Waals surface area (Å²) in [5.41, 5.74) is 5.48. The van der Waals surface area contributed by atoms with E-state index in [0.717, 1.165) is 17.8 Å². The van der Waals surface area contributed by atoms with Crippen molar-refractivity contribution in [2.75, 3.05) is 0 Å². The summed E-state index contributed by atoms with van der Waals surface area (Å²) in [6.45, 7) is 2.61. The number of aromatic nitrogens is 1. The van der Waals surface area contributed by atoms with Gasteiger partial charge in [-0.05, 0) is 109 Å². The van der Waals surface area contributed by atoms with E-state index in [1.165, 1.54) is 68.6 Å². The highest BCUT2D eigenvalue weighted by atomic mass is 14.6. The van der Waals surface area contributed by atoms with Crippen LogP contribution >= 0.6 is 0 Å². The lowest BCUT2D eigenvalue weighted by molar-refractivity contribution is 0.137. The first-order chi connectivity index (χ1) is 14.2. The van der Waals surface area contributed by atoms with Crippen LogP contribution in [0.1, 0.15) is 76.2 Å². The van der Waals surface area contributed by atoms with E-state index in [4.69, 9.17) is 0 Å². The van der Waals surface area contributed by atoms with Gasteiger partial charge in [0.2, 0.25) is 0 Å². The Kier molecular flexibility index (Phi) is 4.22. The normalized spacial score (nSPS) is 36.4. The number of fused-ring (bicyclic) bond motifs is 5. The zero-order chi connectivity index (χ0) is 19.4. The molecule has 1 aromatic heterocycles. The highest BCUT2D eigenvalue weighted by molar-refractivity contribution is 5.82. The van der Waals surface area contributed by atoms with Gasteiger partial charge in [0, 0.05) is 17.8 Å². The van der Waals surface area contributed by atoms with Crippen molar-refractivity contribution in [3.05, 3.63) is 65.5 Å². The highest BCUT2D eigenvalue weighted by Crippen LogP contribution is 2.62. The van der Waals surface area contributed by atoms with Gasteiger partial charge in [0.05, 0.1) is 0 Å². The summed E-state index contributed by atoms with van der Waals surface area (Å²) in [4.78, 5) is 4.36. The summed E-state index contributed by atoms with van der Waals surface area (Å²) < 4.78 is 0. The molecule has 2 aromatic rings. The molecule has 4 aliphatic rings. The second kappa shape index (κ2) is 6.83. The van der Waals surface area contributed by atoms with Gasteiger partial charge < -0.3 is 0 Å². The van der Waals surface area contributed by atoms with Crippen molar-refractivity contribution in [2.24, 2.45) is 23.2 Å². The highest BCUT2D eigenvalue weighted by Gasteiger charge is 2.52. The Morgan fingerprint density at radius 1 is 0.966 bits per heavy atom. The molecule has 0 aliphatic heterocycles. The van der Waals surface area contributed by atoms with E-state index in [1.807, 2.05) is 12.4 Å². The number of pyridine rings is 1. The van der Waals surface area contributed by atoms with Gasteiger partial charge in [0.1, 0.15) is 0 Å². The van der Waals surface area contributed by atoms with Crippen LogP contribution in [0.25, 0.3) is 10.8 Å². The van der Waals surface area contributed by atoms with Crippen molar-refractivity contribution in [2.45, 2.75) is 70.6 Å². The molecule has 1 heterocycles. The number of benzene rings is 1. The number of rotatable bonds is 1. The molecule has 1 aromatic carbocycles. The lowest BCUT2D eigenvalue weighted by Gasteiger charge is -2.44. The fourth-order valence-electron chi connectivity index (χ4n) is 7.57. The fraction of sp³-hybridized carbons (Fsp3) is 0.536. The molecule has 6 rings (SSSR count). The van der Waals surface area contributed by atoms with Crippen LogP contribution in [0, 0.1) is 23.2 Å². The maximum absolute atomic E-state index is 4.36. The lowest BCUT2D eigenvalue weighted by Crippen LogP contribution is -2.35. The average molecular weight is 384 g/mol. The smallest absolute Gasteiger partial charge is 0.0346 e. The van der Waals surface area contributed by atoms with Crippen LogP contribution in [0.15, 0.2) is 60.0 Å². The third-order valence-corrected chi connectivity index (χ3v) is 9.14. The first-order valence-electron chi connectivity index (χ1n) is 12.0. The molecule has 0 saturated heterocycles. The van der Waals surface area contributed by atoms with Gasteiger partial charge in [0.15, 0.2) is 0 Å². The molecule has 0 radical (unpaired) electrons. The molecule has 0 bridgehead atoms. The summed E-state index contributed by atoms with van der Waals surface area (Å²) in [7, 11) is 0. The van der Waals surface area contributed by atoms with Crippen LogP contribution in [0.2, 0.25) is 0 Å². The quantitative estimate of drug-likeness (QED) is 0.494. The van der Waals surface area contributed by atoms with Crippen molar-refractivity contribution in [1.82, 2.24) is 4.98 Å². The second-order valence-corrected chi connectivity index (χ2v) is 10.5. The summed E-state index contributed by atoms with van der Waals surface area (Å²) in [5.74, 6) is 3.24. The van der Waals surface area contributed by atoms with Crippen LogP contribution in [-0.4, -0.2) is 4.98 Å². The van der Waals surface area contributed by atoms with Crippen LogP contribution in [-0.2, 0) is 0 Å². The van der Waals surface area contributed by atoms with E-state index < -0.39 is 0 Å². The van der Waals surface area contributed by atoms with Crippen molar-refractivity contribution in [3.63, 3.8) is 0 Å². The predicted octanol–water partition coefficient (Wildman–Crippen LogP) is 7.59. The molecule has 0 N–H and O–H groups in total. The van der Waals surface area contributed by atoms with E-state index in [1.54, 1.807) is 16.7 Å². The van der Waals surface area contributed by atoms with Gasteiger partial charge in [-0.2, -0.15) is 0 Å². The van der Waals surface area contributed by atoms with Gasteiger partial charge in [0.25, 0.3) is 0 Å². The monoisotopic (exact) mass is 383 g/mol. The predicted molar refractivity (Wildman–Crippen MR) is 121 cm³/mol. The van der Waals surface area contributed by atoms with Gasteiger partial charge in [-0.1, -0.05) is 43.2 Å². The number of nitrogens with zero attached hydrogens (tertiary/aromatic N) is 1. The van der Waals surface area contributed by atoms with E-state index in [0.29, 0.717) is 11.3 Å². The molecular weight excluding hydrogens is 350 g/mol. The van der Waals surface area contributed by atoms with Gasteiger partial charge in [-0.25, -0.2) is 0 Å². The van der Waals surface area contributed by atoms with Gasteiger partial charge in [-0.3, -0.25) is 4.98 Å². The minimum atomic E-state index is 0.415. The first kappa shape index (κ1) is 17.9. The van der Waals surface area contributed by atoms with Crippen LogP contribution in [0.3, 0.4) is 0 Å². The SMILES string of the molecule is C[C@]12CC=C3C=C4CCCCC4CCC3C1CC[C@@H]2c1ccc2ccncc2c1. The Labute approximate surface area is 175 Å². The molecule has 2 saturated carbocycles. The third-order valence-electron chi connectivity index (χ3n) is 9.14. The van der Waals surface area contributed by atoms with Gasteiger partial charge in [-0.15, -0.1) is 0 Å². The van der Waals surface area contributed by atoms with E-state index in [2.05, 4.69) is 48.3 Å². The topological polar surface area (TPSA) is 12.9 Å². The number of hydrogen-bond donors (Lipinski definition) is 0. The zero-order valence-corrected chi connectivity index (χ0v) is 17.7. The maximum atomic E-state index is 4.36. The Morgan fingerprint density at radius 2 is 1.93 bits per heavy atom. The minimum Gasteiger partial charge on any atom is -0.264 e. The summed E-state index contributed by atoms with van der Waals surface area (Å²) in [6.07, 6.45) is 21.8. The molecule has 2 fully saturated rings. The Morgan fingerprint density at radius 3 is 2.90 bits per heavy atom. The van der Waals surface area contributed by atoms with Crippen molar-refractivity contribution in [3.8, 4) is 0 Å². The molecular formula is C28H33N. The van der Waals surface area contributed by atoms with Crippen LogP contribution in [0.5, 0.6) is 0 Å². The molecule has 0 spiro atoms. The zero-order valence-electron chi connectivity index (χ0n) is 17.7. The molecule has 29 heavy (non-hydrogen) atoms. The van der Waals surface area contributed by atoms with Crippen molar-refractivity contribution in [1.29, 1.82) is 0 Å². The van der Waals surface area contributed by atoms with Crippen molar-refractivity contribution >= 4 is 10.8 Å². The fourth-order valence-corrected chi connectivity index (χ4v) is 7.57. The average Bonchev–Trinajstić information content (AvgIpc) is 2.99. The summed E-state index contributed by atoms with van der Waals surface area (Å²) in [6, 6.07) is 9.28. The van der Waals surface area contributed by atoms with E-state index in [-0.39, 0.29) is 0 Å². The first-order valence-corrected chi connectivity index (χ1v) is 12.0. The standard InChI is InChI=1S/C28H33N/c1-28-14-12-22-16-21-5-3-2-4-19(21)8-9-25(22)27(28)11-10-26(28)23-7-6-20-13-15-29-18-24(20)17-23/h6-7,12-13,15-19,25-27H,2-5,8-11,14H2,1H3/t19?,25?,26-,27?,28-/m1/s1. The maximum Gasteiger partial charge on any atom is 0.0346 e.